The van der Waals surface area contributed by atoms with Crippen molar-refractivity contribution >= 4 is 18.0 Å². The number of hydrogen-bond donors (Lipinski definition) is 10. The van der Waals surface area contributed by atoms with E-state index in [9.17, 15) is 60.7 Å². The highest BCUT2D eigenvalue weighted by Gasteiger charge is 2.55. The Bertz CT molecular complexity index is 1710. The van der Waals surface area contributed by atoms with E-state index < -0.39 is 128 Å². The van der Waals surface area contributed by atoms with Crippen molar-refractivity contribution in [1.29, 1.82) is 0 Å². The van der Waals surface area contributed by atoms with Crippen LogP contribution in [0.5, 0.6) is 23.0 Å². The summed E-state index contributed by atoms with van der Waals surface area (Å²) in [7, 11) is 0. The summed E-state index contributed by atoms with van der Waals surface area (Å²) in [5, 5.41) is 102. The number of benzene rings is 2. The average molecular weight is 813 g/mol. The molecular weight excluding hydrogens is 764 g/mol. The van der Waals surface area contributed by atoms with E-state index in [0.717, 1.165) is 19.1 Å². The van der Waals surface area contributed by atoms with Gasteiger partial charge >= 0.3 is 11.9 Å². The second-order valence-corrected chi connectivity index (χ2v) is 13.8. The van der Waals surface area contributed by atoms with Gasteiger partial charge in [0.2, 0.25) is 0 Å². The third kappa shape index (κ3) is 10.7. The molecule has 0 amide bonds. The molecule has 0 spiro atoms. The molecule has 10 N–H and O–H groups in total. The van der Waals surface area contributed by atoms with Crippen LogP contribution in [0.2, 0.25) is 0 Å². The van der Waals surface area contributed by atoms with Crippen LogP contribution in [0, 0.1) is 0 Å². The van der Waals surface area contributed by atoms with Crippen LogP contribution >= 0.6 is 0 Å². The minimum atomic E-state index is -1.90. The zero-order chi connectivity index (χ0) is 41.7. The highest BCUT2D eigenvalue weighted by atomic mass is 16.8. The van der Waals surface area contributed by atoms with Crippen LogP contribution in [0.3, 0.4) is 0 Å². The summed E-state index contributed by atoms with van der Waals surface area (Å²) in [6.07, 6.45) is -21.3. The molecule has 0 aromatic heterocycles. The van der Waals surface area contributed by atoms with Gasteiger partial charge in [-0.1, -0.05) is 12.1 Å². The molecule has 3 fully saturated rings. The summed E-state index contributed by atoms with van der Waals surface area (Å²) in [6.45, 7) is 3.05. The Hall–Kier alpha value is -4.16. The van der Waals surface area contributed by atoms with Crippen molar-refractivity contribution in [1.82, 2.24) is 0 Å². The summed E-state index contributed by atoms with van der Waals surface area (Å²) in [4.78, 5) is 26.1. The van der Waals surface area contributed by atoms with Crippen LogP contribution in [-0.2, 0) is 53.9 Å². The highest BCUT2D eigenvalue weighted by Crippen LogP contribution is 2.35. The van der Waals surface area contributed by atoms with Crippen molar-refractivity contribution in [3.05, 3.63) is 53.6 Å². The molecule has 20 nitrogen and oxygen atoms in total. The smallest absolute Gasteiger partial charge is 0.331 e. The zero-order valence-electron chi connectivity index (χ0n) is 31.0. The molecule has 2 aromatic carbocycles. The van der Waals surface area contributed by atoms with Crippen molar-refractivity contribution in [3.8, 4) is 23.0 Å². The topological polar surface area (TPSA) is 310 Å². The van der Waals surface area contributed by atoms with Gasteiger partial charge in [0.1, 0.15) is 48.8 Å². The molecule has 0 unspecified atom stereocenters. The quantitative estimate of drug-likeness (QED) is 0.0619. The second-order valence-electron chi connectivity index (χ2n) is 13.8. The van der Waals surface area contributed by atoms with Crippen LogP contribution in [0.1, 0.15) is 31.9 Å². The first-order chi connectivity index (χ1) is 26.9. The van der Waals surface area contributed by atoms with E-state index in [1.807, 2.05) is 0 Å². The molecule has 3 heterocycles. The summed E-state index contributed by atoms with van der Waals surface area (Å²) >= 11 is 0. The van der Waals surface area contributed by atoms with Crippen molar-refractivity contribution in [2.24, 2.45) is 0 Å². The first-order valence-electron chi connectivity index (χ1n) is 18.0. The van der Waals surface area contributed by atoms with Gasteiger partial charge in [-0.25, -0.2) is 4.79 Å². The molecule has 3 saturated heterocycles. The molecule has 0 bridgehead atoms. The molecule has 316 valence electrons. The molecule has 0 saturated carbocycles. The number of hydrogen-bond acceptors (Lipinski definition) is 20. The monoisotopic (exact) mass is 812 g/mol. The lowest BCUT2D eigenvalue weighted by Gasteiger charge is -2.48. The number of aliphatic hydroxyl groups is 6. The lowest BCUT2D eigenvalue weighted by molar-refractivity contribution is -0.364. The number of phenolic OH excluding ortho intramolecular Hbond substituents is 4. The van der Waals surface area contributed by atoms with Gasteiger partial charge in [-0.2, -0.15) is 0 Å². The largest absolute Gasteiger partial charge is 0.504 e. The maximum atomic E-state index is 13.5. The van der Waals surface area contributed by atoms with E-state index in [1.165, 1.54) is 50.3 Å². The molecule has 3 aliphatic heterocycles. The Morgan fingerprint density at radius 1 is 0.649 bits per heavy atom. The number of carbonyl (C=O) groups excluding carboxylic acids is 2. The Balaban J connectivity index is 1.50. The minimum Gasteiger partial charge on any atom is -0.504 e. The highest BCUT2D eigenvalue weighted by molar-refractivity contribution is 5.87. The molecule has 20 heteroatoms. The molecule has 2 aromatic rings. The van der Waals surface area contributed by atoms with Gasteiger partial charge in [-0.3, -0.25) is 4.79 Å². The minimum absolute atomic E-state index is 0.107. The van der Waals surface area contributed by atoms with E-state index in [-0.39, 0.29) is 24.3 Å². The molecule has 0 aliphatic carbocycles. The van der Waals surface area contributed by atoms with Gasteiger partial charge in [0.15, 0.2) is 54.1 Å². The van der Waals surface area contributed by atoms with Crippen LogP contribution in [-0.4, -0.2) is 168 Å². The van der Waals surface area contributed by atoms with Gasteiger partial charge in [-0.15, -0.1) is 0 Å². The maximum Gasteiger partial charge on any atom is 0.331 e. The Morgan fingerprint density at radius 2 is 1.25 bits per heavy atom. The molecular formula is C37H48O20. The fraction of sp³-hybridized carbons (Fsp3) is 0.568. The van der Waals surface area contributed by atoms with Crippen LogP contribution in [0.4, 0.5) is 0 Å². The van der Waals surface area contributed by atoms with E-state index >= 15 is 0 Å². The van der Waals surface area contributed by atoms with Gasteiger partial charge in [-0.05, 0) is 61.7 Å². The summed E-state index contributed by atoms with van der Waals surface area (Å²) in [5.41, 5.74) is 0.776. The summed E-state index contributed by atoms with van der Waals surface area (Å²) in [6, 6.07) is 7.79. The van der Waals surface area contributed by atoms with Gasteiger partial charge in [0.25, 0.3) is 0 Å². The Kier molecular flexibility index (Phi) is 14.7. The lowest BCUT2D eigenvalue weighted by atomic mass is 9.96. The first kappa shape index (κ1) is 44.0. The van der Waals surface area contributed by atoms with Crippen molar-refractivity contribution in [2.45, 2.75) is 119 Å². The number of esters is 2. The standard InChI is InChI=1S/C37H48O20/c1-15-26(44)28(46)30(48)35(52-15)51-14-24-32(56-25(43)9-6-18-4-7-20(39)22(41)12-18)33(57-36-31(49)29(47)27(45)16(2)53-36)34(54-17(3)38)37(55-24)50-11-10-19-5-8-21(40)23(42)13-19/h4-9,12-13,15-16,24,26-37,39-42,44-49H,10-11,14H2,1-3H3/b9-6+/t15-,16-,24-,26+,27+,28-,29+,30+,31+,32-,33+,34-,35-,36+,37-/m1/s1. The SMILES string of the molecule is CC(=O)O[C@H]1[C@H](OCCc2ccc(O)c(O)c2)O[C@H](CO[C@@H]2O[C@H](C)[C@H](O)[C@@H](O)[C@@H]2O)[C@@H](OC(=O)/C=C/c2ccc(O)c(O)c2)[C@@H]1O[C@@H]1O[C@H](C)[C@H](O)[C@H](O)[C@@H]1O. The number of carbonyl (C=O) groups is 2. The summed E-state index contributed by atoms with van der Waals surface area (Å²) in [5.74, 6) is -3.59. The second kappa shape index (κ2) is 19.1. The molecule has 3 aliphatic rings. The van der Waals surface area contributed by atoms with Gasteiger partial charge in [0.05, 0.1) is 25.4 Å². The van der Waals surface area contributed by atoms with E-state index in [4.69, 9.17) is 37.9 Å². The van der Waals surface area contributed by atoms with E-state index in [2.05, 4.69) is 0 Å². The Labute approximate surface area is 325 Å². The summed E-state index contributed by atoms with van der Waals surface area (Å²) < 4.78 is 46.8. The fourth-order valence-corrected chi connectivity index (χ4v) is 6.38. The van der Waals surface area contributed by atoms with E-state index in [0.29, 0.717) is 5.56 Å². The lowest BCUT2D eigenvalue weighted by Crippen LogP contribution is -2.66. The van der Waals surface area contributed by atoms with Crippen LogP contribution < -0.4 is 0 Å². The number of aliphatic hydroxyl groups excluding tert-OH is 6. The normalized spacial score (nSPS) is 35.8. The zero-order valence-corrected chi connectivity index (χ0v) is 31.0. The predicted molar refractivity (Wildman–Crippen MR) is 188 cm³/mol. The fourth-order valence-electron chi connectivity index (χ4n) is 6.38. The predicted octanol–water partition coefficient (Wildman–Crippen LogP) is -1.59. The molecule has 15 atom stereocenters. The average Bonchev–Trinajstić information content (AvgIpc) is 3.16. The maximum absolute atomic E-state index is 13.5. The van der Waals surface area contributed by atoms with Gasteiger partial charge in [0, 0.05) is 13.0 Å². The van der Waals surface area contributed by atoms with Crippen molar-refractivity contribution < 1.29 is 98.5 Å². The van der Waals surface area contributed by atoms with Crippen LogP contribution in [0.25, 0.3) is 6.08 Å². The number of rotatable bonds is 13. The number of ether oxygens (including phenoxy) is 8. The van der Waals surface area contributed by atoms with Crippen LogP contribution in [0.15, 0.2) is 42.5 Å². The molecule has 0 radical (unpaired) electrons. The van der Waals surface area contributed by atoms with Crippen molar-refractivity contribution in [3.63, 3.8) is 0 Å². The Morgan fingerprint density at radius 3 is 1.86 bits per heavy atom. The first-order valence-corrected chi connectivity index (χ1v) is 18.0. The van der Waals surface area contributed by atoms with Gasteiger partial charge < -0.3 is 89.0 Å². The van der Waals surface area contributed by atoms with Crippen molar-refractivity contribution in [2.75, 3.05) is 13.2 Å². The molecule has 5 rings (SSSR count). The third-order valence-electron chi connectivity index (χ3n) is 9.60. The molecule has 57 heavy (non-hydrogen) atoms. The number of phenols is 4. The number of aromatic hydroxyl groups is 4. The van der Waals surface area contributed by atoms with E-state index in [1.54, 1.807) is 0 Å². The third-order valence-corrected chi connectivity index (χ3v) is 9.60.